The minimum atomic E-state index is 0. The molecule has 0 saturated heterocycles. The highest BCUT2D eigenvalue weighted by molar-refractivity contribution is 7.58. The molecule has 0 saturated carbocycles. The molecule has 0 atom stereocenters. The molecule has 0 fully saturated rings. The highest BCUT2D eigenvalue weighted by Gasteiger charge is 1.65. The van der Waals surface area contributed by atoms with Crippen molar-refractivity contribution in [3.8, 4) is 0 Å². The van der Waals surface area contributed by atoms with Gasteiger partial charge in [-0.15, -0.1) is 0 Å². The molecule has 0 aromatic rings. The number of hydrogen-bond donors (Lipinski definition) is 1. The zero-order valence-electron chi connectivity index (χ0n) is 2.74. The van der Waals surface area contributed by atoms with Crippen LogP contribution >= 0.6 is 0 Å². The molecule has 0 spiro atoms. The molecular formula is C2H7IOS. The topological polar surface area (TPSA) is 20.2 Å². The first-order valence-electron chi connectivity index (χ1n) is 1.17. The van der Waals surface area contributed by atoms with Crippen LogP contribution in [0.15, 0.2) is 0 Å². The molecule has 3 heteroatoms. The SMILES string of the molecule is OCC[SH2+].[I-]. The van der Waals surface area contributed by atoms with Crippen molar-refractivity contribution >= 4 is 12.6 Å². The predicted octanol–water partition coefficient (Wildman–Crippen LogP) is -4.01. The number of aliphatic hydroxyl groups excluding tert-OH is 1. The third kappa shape index (κ3) is 11.2. The van der Waals surface area contributed by atoms with Crippen molar-refractivity contribution in [2.45, 2.75) is 0 Å². The number of hydrogen-bond acceptors (Lipinski definition) is 1. The van der Waals surface area contributed by atoms with Gasteiger partial charge < -0.3 is 29.1 Å². The van der Waals surface area contributed by atoms with E-state index in [4.69, 9.17) is 5.11 Å². The molecule has 0 radical (unpaired) electrons. The molecule has 0 aromatic heterocycles. The Morgan fingerprint density at radius 3 is 1.80 bits per heavy atom. The highest BCUT2D eigenvalue weighted by Crippen LogP contribution is 1.44. The van der Waals surface area contributed by atoms with Crippen molar-refractivity contribution in [1.82, 2.24) is 0 Å². The van der Waals surface area contributed by atoms with Crippen LogP contribution in [0.4, 0.5) is 0 Å². The maximum atomic E-state index is 7.83. The molecule has 0 heterocycles. The second-order valence-electron chi connectivity index (χ2n) is 0.474. The zero-order valence-corrected chi connectivity index (χ0v) is 5.90. The van der Waals surface area contributed by atoms with Crippen molar-refractivity contribution in [3.05, 3.63) is 0 Å². The maximum Gasteiger partial charge on any atom is 0.126 e. The molecule has 0 unspecified atom stereocenters. The van der Waals surface area contributed by atoms with Gasteiger partial charge in [-0.05, 0) is 12.6 Å². The first-order valence-corrected chi connectivity index (χ1v) is 1.88. The standard InChI is InChI=1S/C2H6OS.HI/c3-1-2-4;/h3-4H,1-2H2;1H. The van der Waals surface area contributed by atoms with E-state index in [2.05, 4.69) is 12.6 Å². The van der Waals surface area contributed by atoms with Crippen LogP contribution in [-0.4, -0.2) is 17.5 Å². The summed E-state index contributed by atoms with van der Waals surface area (Å²) in [5.74, 6) is 0.681. The summed E-state index contributed by atoms with van der Waals surface area (Å²) in [5, 5.41) is 7.83. The van der Waals surface area contributed by atoms with Crippen LogP contribution in [0.3, 0.4) is 0 Å². The average molecular weight is 206 g/mol. The van der Waals surface area contributed by atoms with Gasteiger partial charge in [-0.25, -0.2) is 0 Å². The quantitative estimate of drug-likeness (QED) is 0.342. The second-order valence-corrected chi connectivity index (χ2v) is 0.974. The smallest absolute Gasteiger partial charge is 0.126 e. The predicted molar refractivity (Wildman–Crippen MR) is 22.1 cm³/mol. The van der Waals surface area contributed by atoms with Crippen LogP contribution in [0.1, 0.15) is 0 Å². The van der Waals surface area contributed by atoms with Crippen molar-refractivity contribution in [3.63, 3.8) is 0 Å². The highest BCUT2D eigenvalue weighted by atomic mass is 127. The van der Waals surface area contributed by atoms with Gasteiger partial charge in [0.25, 0.3) is 0 Å². The normalized spacial score (nSPS) is 6.00. The summed E-state index contributed by atoms with van der Waals surface area (Å²) in [5.41, 5.74) is 0. The maximum absolute atomic E-state index is 7.83. The molecule has 34 valence electrons. The van der Waals surface area contributed by atoms with Crippen LogP contribution in [0.25, 0.3) is 0 Å². The second kappa shape index (κ2) is 8.90. The lowest BCUT2D eigenvalue weighted by Crippen LogP contribution is -3.00. The molecule has 5 heavy (non-hydrogen) atoms. The fraction of sp³-hybridized carbons (Fsp3) is 1.00. The van der Waals surface area contributed by atoms with Gasteiger partial charge in [-0.2, -0.15) is 0 Å². The monoisotopic (exact) mass is 206 g/mol. The average Bonchev–Trinajstić information content (AvgIpc) is 1.37. The van der Waals surface area contributed by atoms with Crippen LogP contribution in [0, 0.1) is 0 Å². The molecule has 0 aliphatic heterocycles. The molecule has 1 N–H and O–H groups in total. The first kappa shape index (κ1) is 9.40. The van der Waals surface area contributed by atoms with Crippen molar-refractivity contribution in [2.24, 2.45) is 0 Å². The van der Waals surface area contributed by atoms with E-state index in [0.29, 0.717) is 5.75 Å². The van der Waals surface area contributed by atoms with E-state index in [1.807, 2.05) is 0 Å². The summed E-state index contributed by atoms with van der Waals surface area (Å²) >= 11 is 3.04. The third-order valence-electron chi connectivity index (χ3n) is 0.112. The molecule has 0 rings (SSSR count). The van der Waals surface area contributed by atoms with Gasteiger partial charge in [0, 0.05) is 0 Å². The van der Waals surface area contributed by atoms with Gasteiger partial charge in [0.05, 0.1) is 6.61 Å². The summed E-state index contributed by atoms with van der Waals surface area (Å²) in [6.07, 6.45) is 0. The van der Waals surface area contributed by atoms with Gasteiger partial charge in [-0.3, -0.25) is 0 Å². The van der Waals surface area contributed by atoms with Crippen molar-refractivity contribution in [2.75, 3.05) is 12.4 Å². The lowest BCUT2D eigenvalue weighted by atomic mass is 10.9. The van der Waals surface area contributed by atoms with Gasteiger partial charge in [-0.1, -0.05) is 0 Å². The Labute approximate surface area is 54.2 Å². The van der Waals surface area contributed by atoms with Crippen LogP contribution < -0.4 is 24.0 Å². The lowest BCUT2D eigenvalue weighted by molar-refractivity contribution is -0.00000189. The Kier molecular flexibility index (Phi) is 16.7. The zero-order chi connectivity index (χ0) is 3.41. The van der Waals surface area contributed by atoms with Crippen LogP contribution in [-0.2, 0) is 12.6 Å². The van der Waals surface area contributed by atoms with Gasteiger partial charge in [0.2, 0.25) is 0 Å². The Hall–Kier alpha value is 1.04. The van der Waals surface area contributed by atoms with Gasteiger partial charge in [0.15, 0.2) is 0 Å². The fourth-order valence-electron chi connectivity index (χ4n) is 0. The molecule has 0 aromatic carbocycles. The minimum Gasteiger partial charge on any atom is -1.00 e. The Balaban J connectivity index is 0. The van der Waals surface area contributed by atoms with E-state index in [0.717, 1.165) is 0 Å². The molecule has 1 nitrogen and oxygen atoms in total. The summed E-state index contributed by atoms with van der Waals surface area (Å²) in [4.78, 5) is 0. The Bertz CT molecular complexity index is 11.6. The van der Waals surface area contributed by atoms with Crippen molar-refractivity contribution in [1.29, 1.82) is 0 Å². The molecule has 0 aliphatic carbocycles. The summed E-state index contributed by atoms with van der Waals surface area (Å²) in [6.45, 7) is 0.233. The fourth-order valence-corrected chi connectivity index (χ4v) is 0. The van der Waals surface area contributed by atoms with E-state index < -0.39 is 0 Å². The number of halogens is 1. The molecular weight excluding hydrogens is 199 g/mol. The van der Waals surface area contributed by atoms with Crippen LogP contribution in [0.2, 0.25) is 0 Å². The van der Waals surface area contributed by atoms with E-state index in [-0.39, 0.29) is 30.6 Å². The summed E-state index contributed by atoms with van der Waals surface area (Å²) in [7, 11) is 0. The Morgan fingerprint density at radius 1 is 1.60 bits per heavy atom. The van der Waals surface area contributed by atoms with Gasteiger partial charge >= 0.3 is 0 Å². The van der Waals surface area contributed by atoms with Crippen molar-refractivity contribution < 1.29 is 29.1 Å². The van der Waals surface area contributed by atoms with E-state index in [9.17, 15) is 0 Å². The van der Waals surface area contributed by atoms with E-state index in [1.54, 1.807) is 0 Å². The summed E-state index contributed by atoms with van der Waals surface area (Å²) < 4.78 is 0. The number of aliphatic hydroxyl groups is 1. The lowest BCUT2D eigenvalue weighted by Gasteiger charge is -1.62. The molecule has 0 aliphatic rings. The largest absolute Gasteiger partial charge is 1.00 e. The minimum absolute atomic E-state index is 0. The van der Waals surface area contributed by atoms with Gasteiger partial charge in [0.1, 0.15) is 5.75 Å². The first-order chi connectivity index (χ1) is 1.91. The third-order valence-corrected chi connectivity index (χ3v) is 0.335. The molecule has 0 bridgehead atoms. The van der Waals surface area contributed by atoms with E-state index >= 15 is 0 Å². The van der Waals surface area contributed by atoms with Crippen LogP contribution in [0.5, 0.6) is 0 Å². The molecule has 0 amide bonds. The number of rotatable bonds is 1. The van der Waals surface area contributed by atoms with E-state index in [1.165, 1.54) is 0 Å². The Morgan fingerprint density at radius 2 is 1.80 bits per heavy atom. The summed E-state index contributed by atoms with van der Waals surface area (Å²) in [6, 6.07) is 0.